The van der Waals surface area contributed by atoms with Gasteiger partial charge in [-0.15, -0.1) is 0 Å². The summed E-state index contributed by atoms with van der Waals surface area (Å²) < 4.78 is 14.4. The van der Waals surface area contributed by atoms with Crippen molar-refractivity contribution in [3.05, 3.63) is 34.6 Å². The number of hydrogen-bond acceptors (Lipinski definition) is 4. The maximum atomic E-state index is 14.4. The number of carbonyl (C=O) groups excluding carboxylic acids is 3. The Bertz CT molecular complexity index is 968. The number of hydrazine groups is 1. The molecule has 4 aliphatic rings. The Morgan fingerprint density at radius 1 is 1.09 bits per heavy atom. The summed E-state index contributed by atoms with van der Waals surface area (Å²) in [5.41, 5.74) is 3.34. The Labute approximate surface area is 210 Å². The number of urea groups is 1. The molecular formula is C25H33ClFN5O3. The number of hydrogen-bond donors (Lipinski definition) is 2. The summed E-state index contributed by atoms with van der Waals surface area (Å²) in [7, 11) is 0. The second-order valence-corrected chi connectivity index (χ2v) is 10.5. The molecule has 0 bridgehead atoms. The zero-order valence-corrected chi connectivity index (χ0v) is 20.6. The summed E-state index contributed by atoms with van der Waals surface area (Å²) in [6.45, 7) is 0.162. The third kappa shape index (κ3) is 4.85. The van der Waals surface area contributed by atoms with Crippen LogP contribution in [0.25, 0.3) is 0 Å². The van der Waals surface area contributed by atoms with Crippen LogP contribution in [0.3, 0.4) is 0 Å². The van der Waals surface area contributed by atoms with Crippen molar-refractivity contribution in [1.29, 1.82) is 0 Å². The topological polar surface area (TPSA) is 85.0 Å². The van der Waals surface area contributed by atoms with Crippen LogP contribution in [-0.4, -0.2) is 57.6 Å². The molecule has 2 aliphatic heterocycles. The third-order valence-corrected chi connectivity index (χ3v) is 8.25. The van der Waals surface area contributed by atoms with Crippen molar-refractivity contribution >= 4 is 29.4 Å². The number of nitrogens with zero attached hydrogens (tertiary/aromatic N) is 3. The minimum Gasteiger partial charge on any atom is -0.353 e. The van der Waals surface area contributed by atoms with E-state index < -0.39 is 12.1 Å². The molecule has 3 atom stereocenters. The smallest absolute Gasteiger partial charge is 0.337 e. The van der Waals surface area contributed by atoms with E-state index in [1.165, 1.54) is 23.6 Å². The number of rotatable bonds is 6. The normalized spacial score (nSPS) is 27.1. The fourth-order valence-corrected chi connectivity index (χ4v) is 6.29. The zero-order chi connectivity index (χ0) is 24.5. The maximum Gasteiger partial charge on any atom is 0.337 e. The summed E-state index contributed by atoms with van der Waals surface area (Å²) in [6, 6.07) is 4.14. The van der Waals surface area contributed by atoms with Crippen LogP contribution in [-0.2, 0) is 16.1 Å². The fraction of sp³-hybridized carbons (Fsp3) is 0.640. The molecule has 2 heterocycles. The molecule has 8 nitrogen and oxygen atoms in total. The van der Waals surface area contributed by atoms with Gasteiger partial charge in [0.2, 0.25) is 11.8 Å². The van der Waals surface area contributed by atoms with Crippen molar-refractivity contribution in [2.24, 2.45) is 5.92 Å². The molecule has 3 unspecified atom stereocenters. The molecule has 1 aromatic rings. The Kier molecular flexibility index (Phi) is 7.16. The quantitative estimate of drug-likeness (QED) is 0.616. The second-order valence-electron chi connectivity index (χ2n) is 10.1. The zero-order valence-electron chi connectivity index (χ0n) is 19.8. The Balaban J connectivity index is 1.32. The van der Waals surface area contributed by atoms with Crippen LogP contribution < -0.4 is 10.7 Å². The highest BCUT2D eigenvalue weighted by molar-refractivity contribution is 6.31. The first-order valence-electron chi connectivity index (χ1n) is 12.8. The van der Waals surface area contributed by atoms with E-state index in [2.05, 4.69) is 10.7 Å². The van der Waals surface area contributed by atoms with Gasteiger partial charge in [0.15, 0.2) is 6.29 Å². The highest BCUT2D eigenvalue weighted by Crippen LogP contribution is 2.38. The van der Waals surface area contributed by atoms with E-state index in [0.29, 0.717) is 0 Å². The van der Waals surface area contributed by atoms with Crippen molar-refractivity contribution in [3.8, 4) is 0 Å². The maximum absolute atomic E-state index is 14.4. The lowest BCUT2D eigenvalue weighted by Crippen LogP contribution is -2.66. The molecule has 2 N–H and O–H groups in total. The van der Waals surface area contributed by atoms with Gasteiger partial charge in [-0.25, -0.2) is 9.18 Å². The Hall–Kier alpha value is -2.39. The van der Waals surface area contributed by atoms with Gasteiger partial charge in [-0.05, 0) is 37.8 Å². The molecule has 190 valence electrons. The molecule has 35 heavy (non-hydrogen) atoms. The monoisotopic (exact) mass is 505 g/mol. The van der Waals surface area contributed by atoms with Gasteiger partial charge in [0.1, 0.15) is 5.82 Å². The minimum absolute atomic E-state index is 0.0208. The van der Waals surface area contributed by atoms with Crippen molar-refractivity contribution in [2.45, 2.75) is 89.1 Å². The number of halogens is 2. The number of amides is 4. The molecule has 4 fully saturated rings. The third-order valence-electron chi connectivity index (χ3n) is 7.90. The van der Waals surface area contributed by atoms with E-state index in [1.54, 1.807) is 15.9 Å². The van der Waals surface area contributed by atoms with Crippen molar-refractivity contribution in [2.75, 3.05) is 6.54 Å². The van der Waals surface area contributed by atoms with Gasteiger partial charge in [0.25, 0.3) is 0 Å². The summed E-state index contributed by atoms with van der Waals surface area (Å²) in [5, 5.41) is 4.69. The Morgan fingerprint density at radius 2 is 1.83 bits per heavy atom. The van der Waals surface area contributed by atoms with Gasteiger partial charge in [0, 0.05) is 35.6 Å². The average Bonchev–Trinajstić information content (AvgIpc) is 3.18. The highest BCUT2D eigenvalue weighted by atomic mass is 35.5. The number of nitrogens with one attached hydrogen (secondary N) is 2. The van der Waals surface area contributed by atoms with Gasteiger partial charge < -0.3 is 10.2 Å². The molecule has 0 radical (unpaired) electrons. The lowest BCUT2D eigenvalue weighted by molar-refractivity contribution is -0.156. The van der Waals surface area contributed by atoms with Crippen LogP contribution in [0.15, 0.2) is 18.2 Å². The van der Waals surface area contributed by atoms with Crippen LogP contribution in [0, 0.1) is 11.7 Å². The summed E-state index contributed by atoms with van der Waals surface area (Å²) in [5.74, 6) is -0.849. The van der Waals surface area contributed by atoms with Crippen molar-refractivity contribution < 1.29 is 18.8 Å². The SMILES string of the molecule is O=C(CCN1C(=O)C2CCCCC2N2C(=O)N(Cc3c(F)cccc3Cl)NC12)NC1CCCCC1. The van der Waals surface area contributed by atoms with E-state index in [9.17, 15) is 18.8 Å². The van der Waals surface area contributed by atoms with Gasteiger partial charge >= 0.3 is 6.03 Å². The molecule has 0 aromatic heterocycles. The van der Waals surface area contributed by atoms with Gasteiger partial charge in [-0.2, -0.15) is 5.43 Å². The van der Waals surface area contributed by atoms with Crippen LogP contribution in [0.4, 0.5) is 9.18 Å². The van der Waals surface area contributed by atoms with Crippen molar-refractivity contribution in [1.82, 2.24) is 25.6 Å². The van der Waals surface area contributed by atoms with Gasteiger partial charge in [-0.1, -0.05) is 49.8 Å². The summed E-state index contributed by atoms with van der Waals surface area (Å²) in [6.07, 6.45) is 8.33. The molecule has 5 rings (SSSR count). The predicted octanol–water partition coefficient (Wildman–Crippen LogP) is 3.74. The number of benzene rings is 1. The van der Waals surface area contributed by atoms with Gasteiger partial charge in [-0.3, -0.25) is 19.5 Å². The molecular weight excluding hydrogens is 473 g/mol. The molecule has 2 saturated carbocycles. The predicted molar refractivity (Wildman–Crippen MR) is 128 cm³/mol. The minimum atomic E-state index is -0.692. The molecule has 2 saturated heterocycles. The molecule has 4 amide bonds. The van der Waals surface area contributed by atoms with Gasteiger partial charge in [0.05, 0.1) is 12.5 Å². The summed E-state index contributed by atoms with van der Waals surface area (Å²) in [4.78, 5) is 43.0. The standard InChI is InChI=1S/C25H33ClFN5O3/c26-19-10-6-11-20(27)18(19)15-31-25(35)32-21-12-5-4-9-17(21)23(34)30(24(32)29-31)14-13-22(33)28-16-7-2-1-3-8-16/h6,10-11,16-17,21,24,29H,1-5,7-9,12-15H2,(H,28,33). The lowest BCUT2D eigenvalue weighted by atomic mass is 9.81. The number of fused-ring (bicyclic) bond motifs is 3. The van der Waals surface area contributed by atoms with Crippen LogP contribution in [0.2, 0.25) is 5.02 Å². The second kappa shape index (κ2) is 10.3. The molecule has 10 heteroatoms. The first kappa shape index (κ1) is 24.3. The molecule has 2 aliphatic carbocycles. The van der Waals surface area contributed by atoms with E-state index in [4.69, 9.17) is 11.6 Å². The summed E-state index contributed by atoms with van der Waals surface area (Å²) >= 11 is 6.21. The number of carbonyl (C=O) groups is 3. The van der Waals surface area contributed by atoms with E-state index in [1.807, 2.05) is 0 Å². The van der Waals surface area contributed by atoms with Crippen LogP contribution in [0.1, 0.15) is 69.8 Å². The Morgan fingerprint density at radius 3 is 2.60 bits per heavy atom. The lowest BCUT2D eigenvalue weighted by Gasteiger charge is -2.48. The van der Waals surface area contributed by atoms with Crippen LogP contribution >= 0.6 is 11.6 Å². The largest absolute Gasteiger partial charge is 0.353 e. The van der Waals surface area contributed by atoms with E-state index in [-0.39, 0.29) is 65.9 Å². The van der Waals surface area contributed by atoms with Crippen LogP contribution in [0.5, 0.6) is 0 Å². The first-order chi connectivity index (χ1) is 16.9. The average molecular weight is 506 g/mol. The highest BCUT2D eigenvalue weighted by Gasteiger charge is 2.54. The fourth-order valence-electron chi connectivity index (χ4n) is 6.07. The molecule has 0 spiro atoms. The first-order valence-corrected chi connectivity index (χ1v) is 13.2. The van der Waals surface area contributed by atoms with Crippen molar-refractivity contribution in [3.63, 3.8) is 0 Å². The van der Waals surface area contributed by atoms with E-state index >= 15 is 0 Å². The molecule has 1 aromatic carbocycles. The van der Waals surface area contributed by atoms with E-state index in [0.717, 1.165) is 51.4 Å².